The van der Waals surface area contributed by atoms with Crippen molar-refractivity contribution in [2.24, 2.45) is 98.4 Å². The summed E-state index contributed by atoms with van der Waals surface area (Å²) in [6.45, 7) is 14.6. The van der Waals surface area contributed by atoms with Gasteiger partial charge in [-0.05, 0) is 215 Å². The lowest BCUT2D eigenvalue weighted by molar-refractivity contribution is -0.167. The van der Waals surface area contributed by atoms with E-state index in [0.29, 0.717) is 103 Å². The van der Waals surface area contributed by atoms with Crippen molar-refractivity contribution in [2.45, 2.75) is 214 Å². The Morgan fingerprint density at radius 1 is 0.583 bits per heavy atom. The number of aliphatic hydroxyl groups excluding tert-OH is 2. The first-order chi connectivity index (χ1) is 33.9. The molecule has 0 aromatic rings. The second-order valence-corrected chi connectivity index (χ2v) is 27.8. The van der Waals surface area contributed by atoms with Crippen LogP contribution in [-0.2, 0) is 38.8 Å². The number of nitrogens with one attached hydrogen (secondary N) is 2. The summed E-state index contributed by atoms with van der Waals surface area (Å²) < 4.78 is 37.2. The molecular weight excluding hydrogens is 935 g/mol. The van der Waals surface area contributed by atoms with Gasteiger partial charge in [0.2, 0.25) is 11.8 Å². The van der Waals surface area contributed by atoms with Crippen LogP contribution in [0.5, 0.6) is 0 Å². The number of carbonyl (C=O) groups excluding carboxylic acids is 4. The number of nitrogens with two attached hydrogens (primary N) is 1. The molecule has 0 bridgehead atoms. The predicted molar refractivity (Wildman–Crippen MR) is 277 cm³/mol. The van der Waals surface area contributed by atoms with Gasteiger partial charge in [0.15, 0.2) is 0 Å². The Kier molecular flexibility index (Phi) is 18.4. The first-order valence-corrected chi connectivity index (χ1v) is 30.3. The van der Waals surface area contributed by atoms with E-state index in [4.69, 9.17) is 19.8 Å². The van der Waals surface area contributed by atoms with E-state index in [9.17, 15) is 37.8 Å². The van der Waals surface area contributed by atoms with Gasteiger partial charge in [-0.25, -0.2) is 0 Å². The maximum absolute atomic E-state index is 13.3. The lowest BCUT2D eigenvalue weighted by Crippen LogP contribution is -2.59. The number of carbonyl (C=O) groups is 4. The van der Waals surface area contributed by atoms with Crippen molar-refractivity contribution < 1.29 is 51.8 Å². The summed E-state index contributed by atoms with van der Waals surface area (Å²) in [7, 11) is -0.850. The summed E-state index contributed by atoms with van der Waals surface area (Å²) in [5.74, 6) is 5.10. The average Bonchev–Trinajstić information content (AvgIpc) is 3.87. The summed E-state index contributed by atoms with van der Waals surface area (Å²) in [5, 5.41) is 30.6. The van der Waals surface area contributed by atoms with Crippen molar-refractivity contribution in [3.05, 3.63) is 0 Å². The van der Waals surface area contributed by atoms with Crippen LogP contribution in [0.1, 0.15) is 189 Å². The first kappa shape index (κ1) is 57.4. The van der Waals surface area contributed by atoms with Crippen molar-refractivity contribution in [1.82, 2.24) is 10.6 Å². The summed E-state index contributed by atoms with van der Waals surface area (Å²) in [6.07, 6.45) is 20.4. The first-order valence-electron chi connectivity index (χ1n) is 28.7. The second kappa shape index (κ2) is 23.1. The molecule has 0 aliphatic heterocycles. The van der Waals surface area contributed by atoms with E-state index in [-0.39, 0.29) is 82.0 Å². The van der Waals surface area contributed by atoms with Gasteiger partial charge in [-0.1, -0.05) is 41.5 Å². The number of aliphatic hydroxyl groups is 2. The molecule has 0 radical (unpaired) electrons. The van der Waals surface area contributed by atoms with Gasteiger partial charge in [-0.3, -0.25) is 23.7 Å². The molecule has 15 heteroatoms. The van der Waals surface area contributed by atoms with Crippen molar-refractivity contribution in [1.29, 1.82) is 0 Å². The monoisotopic (exact) mass is 1030 g/mol. The van der Waals surface area contributed by atoms with Crippen LogP contribution >= 0.6 is 0 Å². The van der Waals surface area contributed by atoms with Gasteiger partial charge in [0.25, 0.3) is 10.1 Å². The Morgan fingerprint density at radius 2 is 0.958 bits per heavy atom. The molecule has 8 saturated carbocycles. The number of rotatable bonds is 16. The summed E-state index contributed by atoms with van der Waals surface area (Å²) in [4.78, 5) is 50.6. The standard InChI is InChI=1S/C55H90N2O8.C2H7NO3S/c1-32(12-18-48(62)64-7)38-14-16-40-50-42(22-26-54(38,40)5)52(3)24-20-36(28-34(52)30-44(50)58)56-46(60)10-9-11-47(61)57-37-21-25-53(4)35(29-37)31-45(59)51-41-17-15-39(33(2)13-19-49(63)65-8)55(41,6)27-23-43(51)53;3-1-2-7(4,5)6/h32-45,50-51,58-59H,9-31H2,1-8H3,(H,56,60)(H,57,61);1-3H2,(H,4,5,6)/t32-,33-,34?,35?,36-,37+,38-,39-,40?,41?,42?,43?,44-,45+,50?,51?,52+,53+,54-,55-;/m1./s1. The minimum absolute atomic E-state index is 0.0289. The fraction of sp³-hybridized carbons (Fsp3) is 0.930. The highest BCUT2D eigenvalue weighted by Gasteiger charge is 2.65. The van der Waals surface area contributed by atoms with Gasteiger partial charge in [0, 0.05) is 44.3 Å². The number of fused-ring (bicyclic) bond motifs is 10. The van der Waals surface area contributed by atoms with Crippen LogP contribution in [0.15, 0.2) is 0 Å². The highest BCUT2D eigenvalue weighted by atomic mass is 32.2. The van der Waals surface area contributed by atoms with Gasteiger partial charge in [-0.15, -0.1) is 0 Å². The number of hydrogen-bond donors (Lipinski definition) is 6. The van der Waals surface area contributed by atoms with Crippen molar-refractivity contribution >= 4 is 33.9 Å². The molecule has 72 heavy (non-hydrogen) atoms. The summed E-state index contributed by atoms with van der Waals surface area (Å²) in [6, 6.07) is 0.241. The third-order valence-corrected chi connectivity index (χ3v) is 23.6. The molecular formula is C57H97N3O11S. The quantitative estimate of drug-likeness (QED) is 0.0632. The van der Waals surface area contributed by atoms with Gasteiger partial charge in [0.1, 0.15) is 0 Å². The van der Waals surface area contributed by atoms with E-state index in [0.717, 1.165) is 77.0 Å². The van der Waals surface area contributed by atoms with E-state index in [1.54, 1.807) is 0 Å². The lowest BCUT2D eigenvalue weighted by atomic mass is 9.43. The molecule has 7 N–H and O–H groups in total. The van der Waals surface area contributed by atoms with E-state index in [2.05, 4.69) is 52.2 Å². The van der Waals surface area contributed by atoms with Gasteiger partial charge in [0.05, 0.1) is 32.2 Å². The van der Waals surface area contributed by atoms with E-state index >= 15 is 0 Å². The molecule has 0 aromatic heterocycles. The Bertz CT molecular complexity index is 1900. The highest BCUT2D eigenvalue weighted by molar-refractivity contribution is 7.85. The molecule has 0 aromatic carbocycles. The molecule has 412 valence electrons. The number of amides is 2. The van der Waals surface area contributed by atoms with Crippen molar-refractivity contribution in [3.8, 4) is 0 Å². The molecule has 14 nitrogen and oxygen atoms in total. The van der Waals surface area contributed by atoms with Crippen molar-refractivity contribution in [3.63, 3.8) is 0 Å². The highest BCUT2D eigenvalue weighted by Crippen LogP contribution is 2.70. The van der Waals surface area contributed by atoms with Gasteiger partial charge >= 0.3 is 11.9 Å². The molecule has 0 spiro atoms. The van der Waals surface area contributed by atoms with E-state index in [1.807, 2.05) is 0 Å². The van der Waals surface area contributed by atoms with E-state index < -0.39 is 10.1 Å². The topological polar surface area (TPSA) is 232 Å². The maximum atomic E-state index is 13.3. The minimum Gasteiger partial charge on any atom is -0.469 e. The normalized spacial score (nSPS) is 42.8. The maximum Gasteiger partial charge on any atom is 0.305 e. The van der Waals surface area contributed by atoms with Crippen LogP contribution in [0.4, 0.5) is 0 Å². The minimum atomic E-state index is -3.80. The molecule has 8 aliphatic carbocycles. The van der Waals surface area contributed by atoms with Crippen molar-refractivity contribution in [2.75, 3.05) is 26.5 Å². The number of hydrogen-bond acceptors (Lipinski definition) is 11. The zero-order chi connectivity index (χ0) is 52.6. The Hall–Kier alpha value is -2.33. The average molecular weight is 1030 g/mol. The molecule has 20 atom stereocenters. The smallest absolute Gasteiger partial charge is 0.305 e. The molecule has 0 heterocycles. The molecule has 8 unspecified atom stereocenters. The third-order valence-electron chi connectivity index (χ3n) is 22.9. The molecule has 2 amide bonds. The fourth-order valence-electron chi connectivity index (χ4n) is 19.1. The summed E-state index contributed by atoms with van der Waals surface area (Å²) >= 11 is 0. The van der Waals surface area contributed by atoms with Gasteiger partial charge in [-0.2, -0.15) is 8.42 Å². The fourth-order valence-corrected chi connectivity index (χ4v) is 19.4. The second-order valence-electron chi connectivity index (χ2n) is 26.2. The van der Waals surface area contributed by atoms with Crippen LogP contribution in [-0.4, -0.2) is 97.7 Å². The van der Waals surface area contributed by atoms with Gasteiger partial charge < -0.3 is 36.1 Å². The Balaban J connectivity index is 0.00000101. The predicted octanol–water partition coefficient (Wildman–Crippen LogP) is 8.40. The van der Waals surface area contributed by atoms with Crippen LogP contribution < -0.4 is 16.4 Å². The molecule has 8 rings (SSSR count). The Labute approximate surface area is 433 Å². The molecule has 8 aliphatic rings. The van der Waals surface area contributed by atoms with Crippen LogP contribution in [0, 0.1) is 92.7 Å². The molecule has 0 saturated heterocycles. The summed E-state index contributed by atoms with van der Waals surface area (Å²) in [5.41, 5.74) is 5.54. The SMILES string of the molecule is COC(=O)CC[C@@H](C)[C@H]1CCC2C3C(CC[C@@]21C)[C@@]1(C)CC[C@@H](NC(=O)CCCC(=O)N[C@H]2CC[C@@]4(C)C(C2)C[C@H](O)C2C4CC[C@@]4(C)C2CC[C@@H]4[C@H](C)CCC(=O)OC)CC1C[C@H]3O.NCCS(=O)(=O)O. The Morgan fingerprint density at radius 3 is 1.31 bits per heavy atom. The van der Waals surface area contributed by atoms with Crippen LogP contribution in [0.25, 0.3) is 0 Å². The number of ether oxygens (including phenoxy) is 2. The zero-order valence-electron chi connectivity index (χ0n) is 45.5. The number of methoxy groups -OCH3 is 2. The zero-order valence-corrected chi connectivity index (χ0v) is 46.3. The van der Waals surface area contributed by atoms with E-state index in [1.165, 1.54) is 52.7 Å². The third kappa shape index (κ3) is 11.8. The van der Waals surface area contributed by atoms with Crippen LogP contribution in [0.2, 0.25) is 0 Å². The number of esters is 2. The lowest BCUT2D eigenvalue weighted by Gasteiger charge is -2.62. The molecule has 8 fully saturated rings. The largest absolute Gasteiger partial charge is 0.469 e. The van der Waals surface area contributed by atoms with Crippen LogP contribution in [0.3, 0.4) is 0 Å².